The Balaban J connectivity index is 1.52. The molecule has 0 saturated carbocycles. The lowest BCUT2D eigenvalue weighted by atomic mass is 9.92. The molecule has 3 N–H and O–H groups in total. The van der Waals surface area contributed by atoms with Gasteiger partial charge in [-0.1, -0.05) is 25.4 Å². The van der Waals surface area contributed by atoms with Crippen LogP contribution in [0, 0.1) is 11.8 Å². The van der Waals surface area contributed by atoms with Crippen molar-refractivity contribution in [3.63, 3.8) is 0 Å². The highest BCUT2D eigenvalue weighted by atomic mass is 35.5. The summed E-state index contributed by atoms with van der Waals surface area (Å²) in [7, 11) is 0. The summed E-state index contributed by atoms with van der Waals surface area (Å²) in [5.41, 5.74) is 0.646. The number of carbonyl (C=O) groups is 2. The van der Waals surface area contributed by atoms with E-state index in [0.29, 0.717) is 17.3 Å². The fourth-order valence-corrected chi connectivity index (χ4v) is 3.72. The third-order valence-corrected chi connectivity index (χ3v) is 4.92. The topological polar surface area (TPSA) is 73.5 Å². The molecule has 1 aromatic rings. The largest absolute Gasteiger partial charge is 0.338 e. The second-order valence-corrected chi connectivity index (χ2v) is 8.01. The van der Waals surface area contributed by atoms with Crippen molar-refractivity contribution < 1.29 is 9.59 Å². The zero-order valence-corrected chi connectivity index (χ0v) is 17.0. The number of rotatable bonds is 8. The van der Waals surface area contributed by atoms with E-state index in [9.17, 15) is 9.59 Å². The predicted octanol–water partition coefficient (Wildman–Crippen LogP) is 3.34. The Morgan fingerprint density at radius 1 is 1.07 bits per heavy atom. The van der Waals surface area contributed by atoms with Gasteiger partial charge in [-0.3, -0.25) is 4.79 Å². The van der Waals surface area contributed by atoms with Gasteiger partial charge in [-0.25, -0.2) is 4.79 Å². The Morgan fingerprint density at radius 3 is 2.41 bits per heavy atom. The maximum Gasteiger partial charge on any atom is 0.315 e. The normalized spacial score (nSPS) is 20.1. The fraction of sp³-hybridized carbons (Fsp3) is 0.600. The van der Waals surface area contributed by atoms with Crippen molar-refractivity contribution in [1.82, 2.24) is 15.5 Å². The van der Waals surface area contributed by atoms with E-state index in [1.807, 2.05) is 0 Å². The van der Waals surface area contributed by atoms with Crippen molar-refractivity contribution in [2.75, 3.05) is 38.0 Å². The zero-order chi connectivity index (χ0) is 19.6. The summed E-state index contributed by atoms with van der Waals surface area (Å²) in [5.74, 6) is 1.27. The third-order valence-electron chi connectivity index (χ3n) is 4.67. The van der Waals surface area contributed by atoms with Gasteiger partial charge in [-0.15, -0.1) is 0 Å². The van der Waals surface area contributed by atoms with Crippen LogP contribution in [0.4, 0.5) is 10.5 Å². The van der Waals surface area contributed by atoms with Gasteiger partial charge in [0.15, 0.2) is 0 Å². The van der Waals surface area contributed by atoms with E-state index in [0.717, 1.165) is 31.2 Å². The number of hydrogen-bond donors (Lipinski definition) is 3. The molecule has 1 aliphatic heterocycles. The van der Waals surface area contributed by atoms with Crippen molar-refractivity contribution >= 4 is 29.2 Å². The van der Waals surface area contributed by atoms with E-state index < -0.39 is 0 Å². The molecular weight excluding hydrogens is 364 g/mol. The molecule has 2 rings (SSSR count). The minimum Gasteiger partial charge on any atom is -0.338 e. The van der Waals surface area contributed by atoms with E-state index in [1.54, 1.807) is 24.3 Å². The number of nitrogens with one attached hydrogen (secondary N) is 3. The van der Waals surface area contributed by atoms with Gasteiger partial charge in [-0.2, -0.15) is 0 Å². The number of halogens is 1. The molecule has 2 unspecified atom stereocenters. The van der Waals surface area contributed by atoms with Crippen molar-refractivity contribution in [3.8, 4) is 0 Å². The van der Waals surface area contributed by atoms with Crippen LogP contribution in [0.3, 0.4) is 0 Å². The van der Waals surface area contributed by atoms with Crippen LogP contribution in [0.15, 0.2) is 24.3 Å². The van der Waals surface area contributed by atoms with Gasteiger partial charge in [0.05, 0.1) is 6.54 Å². The van der Waals surface area contributed by atoms with E-state index in [-0.39, 0.29) is 18.5 Å². The average Bonchev–Trinajstić information content (AvgIpc) is 2.61. The lowest BCUT2D eigenvalue weighted by Gasteiger charge is -2.34. The first-order valence-electron chi connectivity index (χ1n) is 9.72. The monoisotopic (exact) mass is 394 g/mol. The van der Waals surface area contributed by atoms with E-state index in [2.05, 4.69) is 34.7 Å². The van der Waals surface area contributed by atoms with Gasteiger partial charge < -0.3 is 20.9 Å². The minimum atomic E-state index is -0.318. The summed E-state index contributed by atoms with van der Waals surface area (Å²) in [6.07, 6.45) is 3.32. The standard InChI is InChI=1S/C20H31ClN4O2/c1-15-11-16(2)14-25(13-15)10-4-3-9-22-20(27)23-12-19(26)24-18-7-5-17(21)6-8-18/h5-8,15-16H,3-4,9-14H2,1-2H3,(H,24,26)(H2,22,23,27). The van der Waals surface area contributed by atoms with E-state index >= 15 is 0 Å². The molecule has 1 fully saturated rings. The summed E-state index contributed by atoms with van der Waals surface area (Å²) in [6.45, 7) is 8.63. The number of benzene rings is 1. The lowest BCUT2D eigenvalue weighted by molar-refractivity contribution is -0.115. The van der Waals surface area contributed by atoms with Gasteiger partial charge in [0.1, 0.15) is 0 Å². The summed E-state index contributed by atoms with van der Waals surface area (Å²) in [5, 5.41) is 8.67. The molecule has 1 aliphatic rings. The van der Waals surface area contributed by atoms with Crippen LogP contribution in [0.25, 0.3) is 0 Å². The Labute approximate surface area is 167 Å². The quantitative estimate of drug-likeness (QED) is 0.592. The molecule has 0 bridgehead atoms. The predicted molar refractivity (Wildman–Crippen MR) is 110 cm³/mol. The Bertz CT molecular complexity index is 599. The van der Waals surface area contributed by atoms with E-state index in [4.69, 9.17) is 11.6 Å². The SMILES string of the molecule is CC1CC(C)CN(CCCCNC(=O)NCC(=O)Nc2ccc(Cl)cc2)C1. The summed E-state index contributed by atoms with van der Waals surface area (Å²) in [6, 6.07) is 6.50. The first kappa shape index (κ1) is 21.5. The van der Waals surface area contributed by atoms with Crippen LogP contribution >= 0.6 is 11.6 Å². The maximum absolute atomic E-state index is 11.8. The molecule has 1 saturated heterocycles. The Morgan fingerprint density at radius 2 is 1.74 bits per heavy atom. The number of nitrogens with zero attached hydrogens (tertiary/aromatic N) is 1. The molecule has 7 heteroatoms. The molecule has 1 heterocycles. The zero-order valence-electron chi connectivity index (χ0n) is 16.3. The minimum absolute atomic E-state index is 0.0714. The van der Waals surface area contributed by atoms with Gasteiger partial charge in [-0.05, 0) is 61.9 Å². The van der Waals surface area contributed by atoms with Crippen LogP contribution in [0.2, 0.25) is 5.02 Å². The molecule has 27 heavy (non-hydrogen) atoms. The molecule has 2 atom stereocenters. The second kappa shape index (κ2) is 11.1. The third kappa shape index (κ3) is 8.63. The van der Waals surface area contributed by atoms with Gasteiger partial charge >= 0.3 is 6.03 Å². The van der Waals surface area contributed by atoms with Crippen molar-refractivity contribution in [2.24, 2.45) is 11.8 Å². The Hall–Kier alpha value is -1.79. The number of carbonyl (C=O) groups excluding carboxylic acids is 2. The molecule has 1 aromatic carbocycles. The van der Waals surface area contributed by atoms with Gasteiger partial charge in [0.25, 0.3) is 0 Å². The maximum atomic E-state index is 11.8. The highest BCUT2D eigenvalue weighted by Gasteiger charge is 2.20. The fourth-order valence-electron chi connectivity index (χ4n) is 3.60. The number of unbranched alkanes of at least 4 members (excludes halogenated alkanes) is 1. The number of urea groups is 1. The Kier molecular flexibility index (Phi) is 8.88. The second-order valence-electron chi connectivity index (χ2n) is 7.58. The number of anilines is 1. The first-order valence-corrected chi connectivity index (χ1v) is 10.1. The smallest absolute Gasteiger partial charge is 0.315 e. The molecule has 0 aliphatic carbocycles. The first-order chi connectivity index (χ1) is 12.9. The highest BCUT2D eigenvalue weighted by Crippen LogP contribution is 2.20. The molecular formula is C20H31ClN4O2. The summed E-state index contributed by atoms with van der Waals surface area (Å²) < 4.78 is 0. The van der Waals surface area contributed by atoms with Crippen LogP contribution in [-0.2, 0) is 4.79 Å². The number of likely N-dealkylation sites (tertiary alicyclic amines) is 1. The summed E-state index contributed by atoms with van der Waals surface area (Å²) in [4.78, 5) is 26.1. The van der Waals surface area contributed by atoms with Gasteiger partial charge in [0, 0.05) is 30.3 Å². The molecule has 0 spiro atoms. The van der Waals surface area contributed by atoms with Crippen molar-refractivity contribution in [1.29, 1.82) is 0 Å². The van der Waals surface area contributed by atoms with Crippen LogP contribution < -0.4 is 16.0 Å². The number of piperidine rings is 1. The molecule has 0 radical (unpaired) electrons. The van der Waals surface area contributed by atoms with Crippen molar-refractivity contribution in [2.45, 2.75) is 33.1 Å². The van der Waals surface area contributed by atoms with Crippen LogP contribution in [0.1, 0.15) is 33.1 Å². The number of hydrogen-bond acceptors (Lipinski definition) is 3. The molecule has 3 amide bonds. The highest BCUT2D eigenvalue weighted by molar-refractivity contribution is 6.30. The molecule has 0 aromatic heterocycles. The molecule has 6 nitrogen and oxygen atoms in total. The number of amides is 3. The van der Waals surface area contributed by atoms with Gasteiger partial charge in [0.2, 0.25) is 5.91 Å². The summed E-state index contributed by atoms with van der Waals surface area (Å²) >= 11 is 5.80. The lowest BCUT2D eigenvalue weighted by Crippen LogP contribution is -2.41. The van der Waals surface area contributed by atoms with Crippen LogP contribution in [-0.4, -0.2) is 49.6 Å². The van der Waals surface area contributed by atoms with Crippen LogP contribution in [0.5, 0.6) is 0 Å². The van der Waals surface area contributed by atoms with Crippen molar-refractivity contribution in [3.05, 3.63) is 29.3 Å². The average molecular weight is 395 g/mol. The van der Waals surface area contributed by atoms with E-state index in [1.165, 1.54) is 19.5 Å². The molecule has 150 valence electrons.